The number of aliphatic hydroxyl groups excluding tert-OH is 2. The van der Waals surface area contributed by atoms with Crippen molar-refractivity contribution in [3.8, 4) is 0 Å². The summed E-state index contributed by atoms with van der Waals surface area (Å²) in [5, 5.41) is 19.3. The van der Waals surface area contributed by atoms with Gasteiger partial charge in [0.2, 0.25) is 11.8 Å². The summed E-state index contributed by atoms with van der Waals surface area (Å²) < 4.78 is 27.1. The largest absolute Gasteiger partial charge is 0.393 e. The fourth-order valence-electron chi connectivity index (χ4n) is 6.27. The molecule has 0 unspecified atom stereocenters. The normalized spacial score (nSPS) is 27.5. The van der Waals surface area contributed by atoms with E-state index >= 15 is 0 Å². The molecule has 2 saturated heterocycles. The third-order valence-corrected chi connectivity index (χ3v) is 8.24. The zero-order valence-electron chi connectivity index (χ0n) is 20.1. The van der Waals surface area contributed by atoms with Gasteiger partial charge in [-0.1, -0.05) is 12.1 Å². The zero-order chi connectivity index (χ0) is 25.2. The first-order chi connectivity index (χ1) is 16.7. The number of primary amides is 1. The number of nitrogens with zero attached hydrogens (tertiary/aromatic N) is 2. The molecular weight excluding hydrogens is 456 g/mol. The van der Waals surface area contributed by atoms with E-state index in [9.17, 15) is 28.6 Å². The molecule has 3 aliphatic rings. The second-order valence-electron chi connectivity index (χ2n) is 10.6. The van der Waals surface area contributed by atoms with E-state index in [1.807, 2.05) is 12.1 Å². The molecule has 0 radical (unpaired) electrons. The van der Waals surface area contributed by atoms with Crippen LogP contribution in [0.25, 0.3) is 0 Å². The van der Waals surface area contributed by atoms with Gasteiger partial charge in [-0.2, -0.15) is 0 Å². The van der Waals surface area contributed by atoms with Crippen LogP contribution in [0.4, 0.5) is 8.78 Å². The molecule has 4 rings (SSSR count). The molecule has 2 bridgehead atoms. The number of alkyl halides is 2. The SMILES string of the molecule is NC(=O)c1cccc([C@H]2C[C@H]3CC[C@@H](C2)N3CCN(CC2CCC(F)(F)CC2)C(=O)[C@@H](O)CO)c1. The standard InChI is InChI=1S/C26H37F2N3O4/c27-26(28)8-6-17(7-9-26)15-30(25(35)23(33)16-32)10-11-31-21-4-5-22(31)14-20(13-21)18-2-1-3-19(12-18)24(29)34/h1-3,12,17,20-23,32-33H,4-11,13-16H2,(H2,29,34)/t20-,21+,22-,23-/m0/s1. The average Bonchev–Trinajstić information content (AvgIpc) is 3.08. The number of piperidine rings is 1. The minimum Gasteiger partial charge on any atom is -0.393 e. The Morgan fingerprint density at radius 3 is 2.40 bits per heavy atom. The van der Waals surface area contributed by atoms with E-state index in [2.05, 4.69) is 11.0 Å². The van der Waals surface area contributed by atoms with Crippen molar-refractivity contribution in [3.05, 3.63) is 35.4 Å². The predicted octanol–water partition coefficient (Wildman–Crippen LogP) is 2.50. The quantitative estimate of drug-likeness (QED) is 0.490. The number of rotatable bonds is 9. The van der Waals surface area contributed by atoms with Crippen LogP contribution in [0.3, 0.4) is 0 Å². The fraction of sp³-hybridized carbons (Fsp3) is 0.692. The molecule has 194 valence electrons. The second-order valence-corrected chi connectivity index (χ2v) is 10.6. The number of fused-ring (bicyclic) bond motifs is 2. The zero-order valence-corrected chi connectivity index (χ0v) is 20.1. The van der Waals surface area contributed by atoms with Crippen LogP contribution < -0.4 is 5.73 Å². The van der Waals surface area contributed by atoms with Gasteiger partial charge in [0.25, 0.3) is 5.91 Å². The number of benzene rings is 1. The highest BCUT2D eigenvalue weighted by Crippen LogP contribution is 2.43. The van der Waals surface area contributed by atoms with Crippen molar-refractivity contribution in [2.24, 2.45) is 11.7 Å². The molecule has 0 aromatic heterocycles. The average molecular weight is 494 g/mol. The van der Waals surface area contributed by atoms with Gasteiger partial charge in [0.15, 0.2) is 6.10 Å². The Morgan fingerprint density at radius 1 is 1.14 bits per heavy atom. The number of carbonyl (C=O) groups is 2. The van der Waals surface area contributed by atoms with Crippen molar-refractivity contribution in [2.75, 3.05) is 26.2 Å². The summed E-state index contributed by atoms with van der Waals surface area (Å²) in [4.78, 5) is 28.4. The van der Waals surface area contributed by atoms with Gasteiger partial charge < -0.3 is 20.8 Å². The highest BCUT2D eigenvalue weighted by Gasteiger charge is 2.42. The van der Waals surface area contributed by atoms with E-state index in [1.165, 1.54) is 0 Å². The maximum Gasteiger partial charge on any atom is 0.253 e. The number of nitrogens with two attached hydrogens (primary N) is 1. The molecule has 7 nitrogen and oxygen atoms in total. The Hall–Kier alpha value is -2.10. The molecule has 4 N–H and O–H groups in total. The van der Waals surface area contributed by atoms with Crippen LogP contribution in [0.15, 0.2) is 24.3 Å². The number of hydrogen-bond donors (Lipinski definition) is 3. The van der Waals surface area contributed by atoms with Crippen LogP contribution in [0.2, 0.25) is 0 Å². The summed E-state index contributed by atoms with van der Waals surface area (Å²) in [6.07, 6.45) is 2.95. The minimum atomic E-state index is -2.63. The van der Waals surface area contributed by atoms with E-state index in [4.69, 9.17) is 5.73 Å². The number of hydrogen-bond acceptors (Lipinski definition) is 5. The first-order valence-corrected chi connectivity index (χ1v) is 12.8. The maximum atomic E-state index is 13.6. The molecule has 1 aromatic rings. The van der Waals surface area contributed by atoms with Crippen molar-refractivity contribution >= 4 is 11.8 Å². The van der Waals surface area contributed by atoms with Gasteiger partial charge in [-0.3, -0.25) is 14.5 Å². The third kappa shape index (κ3) is 6.19. The van der Waals surface area contributed by atoms with Crippen LogP contribution in [-0.2, 0) is 4.79 Å². The number of aliphatic hydroxyl groups is 2. The van der Waals surface area contributed by atoms with Crippen LogP contribution in [0.5, 0.6) is 0 Å². The summed E-state index contributed by atoms with van der Waals surface area (Å²) in [5.74, 6) is -3.26. The Balaban J connectivity index is 1.38. The lowest BCUT2D eigenvalue weighted by atomic mass is 9.84. The Morgan fingerprint density at radius 2 is 1.80 bits per heavy atom. The van der Waals surface area contributed by atoms with E-state index in [1.54, 1.807) is 11.0 Å². The van der Waals surface area contributed by atoms with Gasteiger partial charge in [-0.05, 0) is 68.1 Å². The summed E-state index contributed by atoms with van der Waals surface area (Å²) in [7, 11) is 0. The summed E-state index contributed by atoms with van der Waals surface area (Å²) in [6, 6.07) is 8.28. The van der Waals surface area contributed by atoms with E-state index in [-0.39, 0.29) is 18.8 Å². The minimum absolute atomic E-state index is 0.0236. The topological polar surface area (TPSA) is 107 Å². The van der Waals surface area contributed by atoms with Gasteiger partial charge in [0.1, 0.15) is 0 Å². The first kappa shape index (κ1) is 26.0. The predicted molar refractivity (Wildman–Crippen MR) is 127 cm³/mol. The lowest BCUT2D eigenvalue weighted by molar-refractivity contribution is -0.143. The van der Waals surface area contributed by atoms with Crippen molar-refractivity contribution in [1.82, 2.24) is 9.80 Å². The number of carbonyl (C=O) groups excluding carboxylic acids is 2. The highest BCUT2D eigenvalue weighted by atomic mass is 19.3. The summed E-state index contributed by atoms with van der Waals surface area (Å²) in [5.41, 5.74) is 7.11. The molecule has 2 heterocycles. The van der Waals surface area contributed by atoms with Gasteiger partial charge in [0, 0.05) is 50.1 Å². The van der Waals surface area contributed by atoms with Crippen LogP contribution in [0.1, 0.15) is 73.2 Å². The van der Waals surface area contributed by atoms with Crippen LogP contribution >= 0.6 is 0 Å². The van der Waals surface area contributed by atoms with Crippen molar-refractivity contribution in [1.29, 1.82) is 0 Å². The van der Waals surface area contributed by atoms with E-state index in [0.29, 0.717) is 56.0 Å². The molecule has 9 heteroatoms. The maximum absolute atomic E-state index is 13.6. The van der Waals surface area contributed by atoms with Crippen molar-refractivity contribution in [2.45, 2.75) is 81.4 Å². The van der Waals surface area contributed by atoms with Gasteiger partial charge in [-0.15, -0.1) is 0 Å². The summed E-state index contributed by atoms with van der Waals surface area (Å²) in [6.45, 7) is 0.727. The highest BCUT2D eigenvalue weighted by molar-refractivity contribution is 5.92. The van der Waals surface area contributed by atoms with E-state index < -0.39 is 30.4 Å². The first-order valence-electron chi connectivity index (χ1n) is 12.8. The lowest BCUT2D eigenvalue weighted by Crippen LogP contribution is -2.50. The van der Waals surface area contributed by atoms with Gasteiger partial charge in [-0.25, -0.2) is 8.78 Å². The lowest BCUT2D eigenvalue weighted by Gasteiger charge is -2.41. The van der Waals surface area contributed by atoms with Crippen LogP contribution in [0, 0.1) is 5.92 Å². The molecule has 35 heavy (non-hydrogen) atoms. The second kappa shape index (κ2) is 10.9. The van der Waals surface area contributed by atoms with Gasteiger partial charge in [0.05, 0.1) is 6.61 Å². The molecule has 1 aromatic carbocycles. The fourth-order valence-corrected chi connectivity index (χ4v) is 6.27. The van der Waals surface area contributed by atoms with Crippen molar-refractivity contribution < 1.29 is 28.6 Å². The monoisotopic (exact) mass is 493 g/mol. The Bertz CT molecular complexity index is 890. The molecule has 0 spiro atoms. The molecule has 1 aliphatic carbocycles. The molecule has 3 fully saturated rings. The smallest absolute Gasteiger partial charge is 0.253 e. The number of halogens is 2. The molecule has 2 amide bonds. The van der Waals surface area contributed by atoms with Crippen molar-refractivity contribution in [3.63, 3.8) is 0 Å². The van der Waals surface area contributed by atoms with Gasteiger partial charge >= 0.3 is 0 Å². The Labute approximate surface area is 205 Å². The molecular formula is C26H37F2N3O4. The van der Waals surface area contributed by atoms with Crippen LogP contribution in [-0.4, -0.2) is 82.2 Å². The molecule has 4 atom stereocenters. The third-order valence-electron chi connectivity index (χ3n) is 8.24. The molecule has 1 saturated carbocycles. The van der Waals surface area contributed by atoms with E-state index in [0.717, 1.165) is 31.2 Å². The Kier molecular flexibility index (Phi) is 8.08. The number of amides is 2. The molecule has 2 aliphatic heterocycles. The summed E-state index contributed by atoms with van der Waals surface area (Å²) >= 11 is 0.